The highest BCUT2D eigenvalue weighted by Crippen LogP contribution is 2.41. The van der Waals surface area contributed by atoms with Crippen molar-refractivity contribution in [2.45, 2.75) is 57.7 Å². The standard InChI is InChI=1S/C26H34ClN2O10P/c1-17-7-5-9-19(30)10-6-8-18(28-38-15-23(32)29-11-3-2-4-12-29)13-20-24(26(33)39-17)22(14-21(31)25(20)27)37-16-40(34,35)36/h5-6,8-9,14,17,19,30-31H,2-4,7,10-13,15-16H2,1H3,(H2,34,35,36)/b8-6+,9-5+,28-18-/t17-,19+/m1/s1. The number of aliphatic hydroxyl groups excluding tert-OH is 1. The molecule has 0 aliphatic carbocycles. The molecule has 1 aromatic carbocycles. The highest BCUT2D eigenvalue weighted by Gasteiger charge is 2.28. The highest BCUT2D eigenvalue weighted by atomic mass is 35.5. The van der Waals surface area contributed by atoms with Crippen molar-refractivity contribution in [3.8, 4) is 11.5 Å². The highest BCUT2D eigenvalue weighted by molar-refractivity contribution is 7.51. The van der Waals surface area contributed by atoms with Crippen molar-refractivity contribution >= 4 is 36.8 Å². The number of benzene rings is 1. The van der Waals surface area contributed by atoms with Gasteiger partial charge < -0.3 is 39.2 Å². The summed E-state index contributed by atoms with van der Waals surface area (Å²) in [6.45, 7) is 2.59. The largest absolute Gasteiger partial charge is 0.506 e. The number of ether oxygens (including phenoxy) is 2. The molecule has 0 unspecified atom stereocenters. The third kappa shape index (κ3) is 9.64. The maximum Gasteiger partial charge on any atom is 0.362 e. The van der Waals surface area contributed by atoms with Gasteiger partial charge in [-0.2, -0.15) is 0 Å². The number of hydrogen-bond donors (Lipinski definition) is 4. The van der Waals surface area contributed by atoms with Crippen molar-refractivity contribution in [3.05, 3.63) is 46.5 Å². The topological polar surface area (TPSA) is 175 Å². The van der Waals surface area contributed by atoms with E-state index in [9.17, 15) is 34.2 Å². The van der Waals surface area contributed by atoms with Crippen LogP contribution in [0.3, 0.4) is 0 Å². The first-order valence-corrected chi connectivity index (χ1v) is 15.0. The van der Waals surface area contributed by atoms with Crippen LogP contribution in [0.5, 0.6) is 11.5 Å². The summed E-state index contributed by atoms with van der Waals surface area (Å²) in [7, 11) is -4.65. The molecule has 2 heterocycles. The van der Waals surface area contributed by atoms with Crippen LogP contribution in [0, 0.1) is 0 Å². The summed E-state index contributed by atoms with van der Waals surface area (Å²) in [5.41, 5.74) is -0.0769. The van der Waals surface area contributed by atoms with Gasteiger partial charge in [0.2, 0.25) is 0 Å². The maximum atomic E-state index is 13.3. The number of phenols is 1. The van der Waals surface area contributed by atoms with Gasteiger partial charge in [0.25, 0.3) is 5.91 Å². The molecule has 0 saturated carbocycles. The van der Waals surface area contributed by atoms with E-state index >= 15 is 0 Å². The summed E-state index contributed by atoms with van der Waals surface area (Å²) in [6, 6.07) is 0.975. The number of piperidine rings is 1. The Morgan fingerprint density at radius 1 is 1.23 bits per heavy atom. The number of carbonyl (C=O) groups is 2. The lowest BCUT2D eigenvalue weighted by Gasteiger charge is -2.26. The van der Waals surface area contributed by atoms with Gasteiger partial charge in [-0.25, -0.2) is 4.79 Å². The van der Waals surface area contributed by atoms with Gasteiger partial charge in [-0.1, -0.05) is 35.0 Å². The second kappa shape index (κ2) is 14.7. The summed E-state index contributed by atoms with van der Waals surface area (Å²) in [6.07, 6.45) is 6.98. The van der Waals surface area contributed by atoms with Crippen LogP contribution >= 0.6 is 19.2 Å². The fraction of sp³-hybridized carbons (Fsp3) is 0.500. The van der Waals surface area contributed by atoms with Gasteiger partial charge in [0, 0.05) is 32.0 Å². The minimum Gasteiger partial charge on any atom is -0.506 e. The molecule has 1 saturated heterocycles. The molecule has 4 N–H and O–H groups in total. The van der Waals surface area contributed by atoms with E-state index in [2.05, 4.69) is 5.16 Å². The quantitative estimate of drug-likeness (QED) is 0.164. The number of amides is 1. The van der Waals surface area contributed by atoms with Gasteiger partial charge in [-0.15, -0.1) is 0 Å². The minimum absolute atomic E-state index is 0.00193. The summed E-state index contributed by atoms with van der Waals surface area (Å²) < 4.78 is 22.2. The SMILES string of the molecule is C[C@@H]1C/C=C/[C@H](O)C/C=C/C(=N/OCC(=O)N2CCCCC2)Cc2c(Cl)c(O)cc(OCP(=O)(O)O)c2C(=O)O1. The molecule has 3 rings (SSSR count). The van der Waals surface area contributed by atoms with Crippen LogP contribution in [-0.2, 0) is 25.4 Å². The second-order valence-electron chi connectivity index (χ2n) is 9.56. The number of esters is 1. The number of rotatable bonds is 6. The minimum atomic E-state index is -4.65. The molecule has 0 aromatic heterocycles. The van der Waals surface area contributed by atoms with Crippen molar-refractivity contribution in [1.29, 1.82) is 0 Å². The van der Waals surface area contributed by atoms with Crippen molar-refractivity contribution in [1.82, 2.24) is 4.90 Å². The number of fused-ring (bicyclic) bond motifs is 1. The van der Waals surface area contributed by atoms with Gasteiger partial charge in [0.1, 0.15) is 23.2 Å². The molecule has 2 aliphatic heterocycles. The first kappa shape index (κ1) is 31.6. The Labute approximate surface area is 237 Å². The van der Waals surface area contributed by atoms with E-state index in [0.29, 0.717) is 13.1 Å². The number of hydrogen-bond acceptors (Lipinski definition) is 9. The summed E-state index contributed by atoms with van der Waals surface area (Å²) in [5.74, 6) is -2.00. The lowest BCUT2D eigenvalue weighted by molar-refractivity contribution is -0.137. The van der Waals surface area contributed by atoms with Gasteiger partial charge in [-0.3, -0.25) is 9.36 Å². The Bertz CT molecular complexity index is 1210. The predicted molar refractivity (Wildman–Crippen MR) is 147 cm³/mol. The zero-order chi connectivity index (χ0) is 29.3. The predicted octanol–water partition coefficient (Wildman–Crippen LogP) is 3.30. The monoisotopic (exact) mass is 600 g/mol. The maximum absolute atomic E-state index is 13.3. The van der Waals surface area contributed by atoms with E-state index in [1.54, 1.807) is 30.1 Å². The zero-order valence-corrected chi connectivity index (χ0v) is 23.7. The Hall–Kier alpha value is -2.89. The van der Waals surface area contributed by atoms with Crippen LogP contribution in [0.2, 0.25) is 5.02 Å². The Morgan fingerprint density at radius 3 is 2.65 bits per heavy atom. The lowest BCUT2D eigenvalue weighted by Crippen LogP contribution is -2.37. The normalized spacial score (nSPS) is 23.5. The molecule has 40 heavy (non-hydrogen) atoms. The summed E-state index contributed by atoms with van der Waals surface area (Å²) >= 11 is 6.40. The van der Waals surface area contributed by atoms with Crippen LogP contribution in [0.1, 0.15) is 54.9 Å². The fourth-order valence-electron chi connectivity index (χ4n) is 4.18. The number of aliphatic hydroxyl groups is 1. The molecule has 14 heteroatoms. The number of oxime groups is 1. The molecule has 1 amide bonds. The summed E-state index contributed by atoms with van der Waals surface area (Å²) in [5, 5.41) is 24.5. The first-order chi connectivity index (χ1) is 18.9. The molecule has 220 valence electrons. The third-order valence-electron chi connectivity index (χ3n) is 6.16. The number of halogens is 1. The number of cyclic esters (lactones) is 1. The number of nitrogens with zero attached hydrogens (tertiary/aromatic N) is 2. The number of aromatic hydroxyl groups is 1. The molecule has 0 spiro atoms. The first-order valence-electron chi connectivity index (χ1n) is 12.8. The molecular weight excluding hydrogens is 567 g/mol. The molecule has 0 bridgehead atoms. The van der Waals surface area contributed by atoms with Gasteiger partial charge in [0.05, 0.1) is 16.8 Å². The van der Waals surface area contributed by atoms with E-state index in [0.717, 1.165) is 25.3 Å². The number of likely N-dealkylation sites (tertiary alicyclic amines) is 1. The van der Waals surface area contributed by atoms with E-state index in [4.69, 9.17) is 25.9 Å². The third-order valence-corrected chi connectivity index (χ3v) is 7.04. The molecule has 1 aromatic rings. The van der Waals surface area contributed by atoms with Gasteiger partial charge >= 0.3 is 13.6 Å². The van der Waals surface area contributed by atoms with Crippen LogP contribution in [-0.4, -0.2) is 80.7 Å². The molecule has 2 aliphatic rings. The van der Waals surface area contributed by atoms with Gasteiger partial charge in [0.15, 0.2) is 13.0 Å². The average Bonchev–Trinajstić information content (AvgIpc) is 2.89. The molecule has 1 fully saturated rings. The van der Waals surface area contributed by atoms with E-state index in [1.165, 1.54) is 6.08 Å². The van der Waals surface area contributed by atoms with E-state index in [1.807, 2.05) is 0 Å². The van der Waals surface area contributed by atoms with Crippen LogP contribution < -0.4 is 4.74 Å². The van der Waals surface area contributed by atoms with E-state index < -0.39 is 37.9 Å². The Morgan fingerprint density at radius 2 is 1.95 bits per heavy atom. The average molecular weight is 601 g/mol. The zero-order valence-electron chi connectivity index (χ0n) is 22.1. The van der Waals surface area contributed by atoms with Crippen molar-refractivity contribution in [3.63, 3.8) is 0 Å². The van der Waals surface area contributed by atoms with Crippen molar-refractivity contribution in [2.24, 2.45) is 5.16 Å². The van der Waals surface area contributed by atoms with Crippen LogP contribution in [0.25, 0.3) is 0 Å². The van der Waals surface area contributed by atoms with Gasteiger partial charge in [-0.05, 0) is 44.2 Å². The smallest absolute Gasteiger partial charge is 0.362 e. The molecule has 0 radical (unpaired) electrons. The summed E-state index contributed by atoms with van der Waals surface area (Å²) in [4.78, 5) is 51.4. The number of phenolic OH excluding ortho intramolecular Hbond substituents is 1. The lowest BCUT2D eigenvalue weighted by atomic mass is 9.99. The van der Waals surface area contributed by atoms with Crippen LogP contribution in [0.4, 0.5) is 0 Å². The Balaban J connectivity index is 2.00. The second-order valence-corrected chi connectivity index (χ2v) is 11.5. The van der Waals surface area contributed by atoms with Crippen LogP contribution in [0.15, 0.2) is 35.5 Å². The van der Waals surface area contributed by atoms with Crippen molar-refractivity contribution < 1.29 is 48.5 Å². The number of carbonyl (C=O) groups excluding carboxylic acids is 2. The molecule has 12 nitrogen and oxygen atoms in total. The molecular formula is C26H34ClN2O10P. The fourth-order valence-corrected chi connectivity index (χ4v) is 4.70. The van der Waals surface area contributed by atoms with E-state index in [-0.39, 0.29) is 59.4 Å². The Kier molecular flexibility index (Phi) is 11.6. The molecule has 2 atom stereocenters. The number of allylic oxidation sites excluding steroid dienone is 1. The van der Waals surface area contributed by atoms with Crippen molar-refractivity contribution in [2.75, 3.05) is 26.0 Å².